The summed E-state index contributed by atoms with van der Waals surface area (Å²) in [6.45, 7) is 0. The van der Waals surface area contributed by atoms with Crippen LogP contribution in [0.2, 0.25) is 0 Å². The average Bonchev–Trinajstić information content (AvgIpc) is 3.14. The number of benzene rings is 2. The van der Waals surface area contributed by atoms with E-state index in [4.69, 9.17) is 4.74 Å². The molecule has 2 aromatic carbocycles. The summed E-state index contributed by atoms with van der Waals surface area (Å²) in [7, 11) is 1.54. The van der Waals surface area contributed by atoms with Crippen molar-refractivity contribution in [1.29, 1.82) is 0 Å². The van der Waals surface area contributed by atoms with Crippen molar-refractivity contribution in [3.05, 3.63) is 72.0 Å². The van der Waals surface area contributed by atoms with Gasteiger partial charge in [-0.1, -0.05) is 24.3 Å². The molecule has 1 amide bonds. The highest BCUT2D eigenvalue weighted by molar-refractivity contribution is 6.11. The molecule has 0 saturated heterocycles. The highest BCUT2D eigenvalue weighted by Crippen LogP contribution is 2.24. The molecule has 0 bridgehead atoms. The molecule has 0 saturated carbocycles. The SMILES string of the molecule is COc1cccc(-c2nc3c(C(=O)Nc4ccccc4F)cccc3[nH]2)n1. The monoisotopic (exact) mass is 362 g/mol. The first-order valence-corrected chi connectivity index (χ1v) is 8.22. The molecule has 0 fully saturated rings. The van der Waals surface area contributed by atoms with Gasteiger partial charge in [0, 0.05) is 6.07 Å². The Morgan fingerprint density at radius 1 is 1.04 bits per heavy atom. The first-order valence-electron chi connectivity index (χ1n) is 8.22. The quantitative estimate of drug-likeness (QED) is 0.574. The van der Waals surface area contributed by atoms with E-state index in [1.807, 2.05) is 6.07 Å². The van der Waals surface area contributed by atoms with Gasteiger partial charge in [0.05, 0.1) is 23.9 Å². The molecule has 2 aromatic heterocycles. The third-order valence-electron chi connectivity index (χ3n) is 4.05. The molecule has 0 unspecified atom stereocenters. The first-order chi connectivity index (χ1) is 13.2. The van der Waals surface area contributed by atoms with Crippen LogP contribution in [-0.4, -0.2) is 28.0 Å². The molecule has 27 heavy (non-hydrogen) atoms. The minimum absolute atomic E-state index is 0.115. The number of ether oxygens (including phenoxy) is 1. The number of anilines is 1. The Hall–Kier alpha value is -3.74. The second kappa shape index (κ2) is 6.87. The second-order valence-electron chi connectivity index (χ2n) is 5.79. The standard InChI is InChI=1S/C20H15FN4O2/c1-27-17-11-5-10-16(22-17)19-23-15-9-4-6-12(18(15)25-19)20(26)24-14-8-3-2-7-13(14)21/h2-11H,1H3,(H,23,25)(H,24,26). The maximum absolute atomic E-state index is 13.8. The van der Waals surface area contributed by atoms with Gasteiger partial charge in [-0.05, 0) is 30.3 Å². The molecular weight excluding hydrogens is 347 g/mol. The van der Waals surface area contributed by atoms with Crippen molar-refractivity contribution in [1.82, 2.24) is 15.0 Å². The van der Waals surface area contributed by atoms with Crippen molar-refractivity contribution in [2.45, 2.75) is 0 Å². The summed E-state index contributed by atoms with van der Waals surface area (Å²) in [6, 6.07) is 16.5. The highest BCUT2D eigenvalue weighted by Gasteiger charge is 2.16. The number of methoxy groups -OCH3 is 1. The molecule has 4 aromatic rings. The molecule has 0 aliphatic carbocycles. The number of pyridine rings is 1. The Labute approximate surface area is 154 Å². The molecule has 0 atom stereocenters. The van der Waals surface area contributed by atoms with Crippen molar-refractivity contribution < 1.29 is 13.9 Å². The summed E-state index contributed by atoms with van der Waals surface area (Å²) in [5.41, 5.74) is 2.19. The number of carbonyl (C=O) groups excluding carboxylic acids is 1. The van der Waals surface area contributed by atoms with E-state index in [-0.39, 0.29) is 5.69 Å². The Kier molecular flexibility index (Phi) is 4.25. The maximum atomic E-state index is 13.8. The Morgan fingerprint density at radius 3 is 2.67 bits per heavy atom. The minimum atomic E-state index is -0.499. The molecule has 7 heteroatoms. The van der Waals surface area contributed by atoms with E-state index < -0.39 is 11.7 Å². The predicted octanol–water partition coefficient (Wildman–Crippen LogP) is 4.02. The number of carbonyl (C=O) groups is 1. The molecule has 0 aliphatic rings. The van der Waals surface area contributed by atoms with Gasteiger partial charge in [0.2, 0.25) is 5.88 Å². The summed E-state index contributed by atoms with van der Waals surface area (Å²) >= 11 is 0. The van der Waals surface area contributed by atoms with E-state index in [1.54, 1.807) is 42.5 Å². The van der Waals surface area contributed by atoms with Crippen LogP contribution in [0.5, 0.6) is 5.88 Å². The van der Waals surface area contributed by atoms with Gasteiger partial charge < -0.3 is 15.0 Å². The van der Waals surface area contributed by atoms with Crippen LogP contribution in [0.1, 0.15) is 10.4 Å². The summed E-state index contributed by atoms with van der Waals surface area (Å²) in [5, 5.41) is 2.58. The highest BCUT2D eigenvalue weighted by atomic mass is 19.1. The van der Waals surface area contributed by atoms with E-state index >= 15 is 0 Å². The van der Waals surface area contributed by atoms with Crippen LogP contribution in [0.4, 0.5) is 10.1 Å². The van der Waals surface area contributed by atoms with Crippen LogP contribution in [0.15, 0.2) is 60.7 Å². The number of nitrogens with one attached hydrogen (secondary N) is 2. The van der Waals surface area contributed by atoms with Gasteiger partial charge in [0.1, 0.15) is 17.0 Å². The molecule has 134 valence electrons. The number of aromatic amines is 1. The molecular formula is C20H15FN4O2. The van der Waals surface area contributed by atoms with Crippen LogP contribution in [-0.2, 0) is 0 Å². The lowest BCUT2D eigenvalue weighted by Crippen LogP contribution is -2.13. The average molecular weight is 362 g/mol. The number of nitrogens with zero attached hydrogens (tertiary/aromatic N) is 2. The Bertz CT molecular complexity index is 1140. The normalized spacial score (nSPS) is 10.7. The van der Waals surface area contributed by atoms with E-state index in [1.165, 1.54) is 19.2 Å². The fraction of sp³-hybridized carbons (Fsp3) is 0.0500. The number of hydrogen-bond donors (Lipinski definition) is 2. The fourth-order valence-electron chi connectivity index (χ4n) is 2.75. The second-order valence-corrected chi connectivity index (χ2v) is 5.79. The smallest absolute Gasteiger partial charge is 0.258 e. The van der Waals surface area contributed by atoms with E-state index in [0.717, 1.165) is 0 Å². The van der Waals surface area contributed by atoms with E-state index in [9.17, 15) is 9.18 Å². The Morgan fingerprint density at radius 2 is 1.85 bits per heavy atom. The number of imidazole rings is 1. The third-order valence-corrected chi connectivity index (χ3v) is 4.05. The lowest BCUT2D eigenvalue weighted by atomic mass is 10.1. The zero-order valence-corrected chi connectivity index (χ0v) is 14.4. The van der Waals surface area contributed by atoms with Crippen molar-refractivity contribution in [3.63, 3.8) is 0 Å². The number of H-pyrrole nitrogens is 1. The molecule has 2 heterocycles. The number of amides is 1. The van der Waals surface area contributed by atoms with Gasteiger partial charge in [-0.15, -0.1) is 0 Å². The largest absolute Gasteiger partial charge is 0.481 e. The van der Waals surface area contributed by atoms with Crippen molar-refractivity contribution in [2.24, 2.45) is 0 Å². The summed E-state index contributed by atoms with van der Waals surface area (Å²) in [5.74, 6) is 0.0317. The van der Waals surface area contributed by atoms with Crippen molar-refractivity contribution in [2.75, 3.05) is 12.4 Å². The zero-order valence-electron chi connectivity index (χ0n) is 14.4. The summed E-state index contributed by atoms with van der Waals surface area (Å²) in [4.78, 5) is 24.7. The maximum Gasteiger partial charge on any atom is 0.258 e. The third kappa shape index (κ3) is 3.22. The molecule has 0 aliphatic heterocycles. The van der Waals surface area contributed by atoms with Crippen LogP contribution in [0.3, 0.4) is 0 Å². The number of fused-ring (bicyclic) bond motifs is 1. The molecule has 0 spiro atoms. The van der Waals surface area contributed by atoms with Crippen LogP contribution in [0.25, 0.3) is 22.6 Å². The van der Waals surface area contributed by atoms with Gasteiger partial charge >= 0.3 is 0 Å². The van der Waals surface area contributed by atoms with E-state index in [0.29, 0.717) is 34.0 Å². The van der Waals surface area contributed by atoms with Crippen molar-refractivity contribution in [3.8, 4) is 17.4 Å². The van der Waals surface area contributed by atoms with Crippen LogP contribution >= 0.6 is 0 Å². The number of aromatic nitrogens is 3. The van der Waals surface area contributed by atoms with E-state index in [2.05, 4.69) is 20.3 Å². The lowest BCUT2D eigenvalue weighted by molar-refractivity contribution is 0.102. The van der Waals surface area contributed by atoms with Crippen LogP contribution < -0.4 is 10.1 Å². The number of halogens is 1. The van der Waals surface area contributed by atoms with Gasteiger partial charge in [0.15, 0.2) is 5.82 Å². The predicted molar refractivity (Wildman–Crippen MR) is 100 cm³/mol. The van der Waals surface area contributed by atoms with Gasteiger partial charge in [-0.2, -0.15) is 0 Å². The zero-order chi connectivity index (χ0) is 18.8. The van der Waals surface area contributed by atoms with Crippen molar-refractivity contribution >= 4 is 22.6 Å². The molecule has 0 radical (unpaired) electrons. The molecule has 6 nitrogen and oxygen atoms in total. The minimum Gasteiger partial charge on any atom is -0.481 e. The number of para-hydroxylation sites is 2. The summed E-state index contributed by atoms with van der Waals surface area (Å²) in [6.07, 6.45) is 0. The Balaban J connectivity index is 1.73. The van der Waals surface area contributed by atoms with Gasteiger partial charge in [0.25, 0.3) is 5.91 Å². The number of hydrogen-bond acceptors (Lipinski definition) is 4. The van der Waals surface area contributed by atoms with Gasteiger partial charge in [-0.25, -0.2) is 14.4 Å². The molecule has 4 rings (SSSR count). The fourth-order valence-corrected chi connectivity index (χ4v) is 2.75. The lowest BCUT2D eigenvalue weighted by Gasteiger charge is -2.06. The van der Waals surface area contributed by atoms with Crippen LogP contribution in [0, 0.1) is 5.82 Å². The molecule has 2 N–H and O–H groups in total. The summed E-state index contributed by atoms with van der Waals surface area (Å²) < 4.78 is 19.0. The first kappa shape index (κ1) is 16.7. The number of rotatable bonds is 4. The van der Waals surface area contributed by atoms with Gasteiger partial charge in [-0.3, -0.25) is 4.79 Å². The topological polar surface area (TPSA) is 79.9 Å².